The van der Waals surface area contributed by atoms with E-state index in [4.69, 9.17) is 0 Å². The van der Waals surface area contributed by atoms with E-state index in [2.05, 4.69) is 56.0 Å². The van der Waals surface area contributed by atoms with Crippen molar-refractivity contribution in [2.75, 3.05) is 0 Å². The molecule has 1 heterocycles. The Kier molecular flexibility index (Phi) is 4.10. The Morgan fingerprint density at radius 1 is 1.00 bits per heavy atom. The molecule has 0 amide bonds. The van der Waals surface area contributed by atoms with Crippen LogP contribution in [0, 0.1) is 0 Å². The van der Waals surface area contributed by atoms with Crippen LogP contribution >= 0.6 is 21.8 Å². The van der Waals surface area contributed by atoms with E-state index in [0.717, 1.165) is 0 Å². The van der Waals surface area contributed by atoms with E-state index in [1.54, 1.807) is 21.8 Å². The SMILES string of the molecule is CC(C)c1cccc(C(C)C)c1C1=CSSN1. The summed E-state index contributed by atoms with van der Waals surface area (Å²) in [5.74, 6) is 1.11. The highest BCUT2D eigenvalue weighted by molar-refractivity contribution is 8.77. The van der Waals surface area contributed by atoms with Crippen LogP contribution in [0.3, 0.4) is 0 Å². The van der Waals surface area contributed by atoms with Crippen LogP contribution in [0.25, 0.3) is 5.70 Å². The number of hydrogen-bond acceptors (Lipinski definition) is 3. The summed E-state index contributed by atoms with van der Waals surface area (Å²) in [5, 5.41) is 2.22. The number of hydrogen-bond donors (Lipinski definition) is 1. The molecule has 0 aromatic heterocycles. The van der Waals surface area contributed by atoms with E-state index >= 15 is 0 Å². The van der Waals surface area contributed by atoms with E-state index in [9.17, 15) is 0 Å². The molecule has 1 nitrogen and oxygen atoms in total. The average molecular weight is 265 g/mol. The maximum Gasteiger partial charge on any atom is 0.0598 e. The molecule has 0 spiro atoms. The lowest BCUT2D eigenvalue weighted by atomic mass is 9.87. The highest BCUT2D eigenvalue weighted by Gasteiger charge is 2.19. The molecule has 0 radical (unpaired) electrons. The standard InChI is InChI=1S/C14H19NS2/c1-9(2)11-6-5-7-12(10(3)4)14(11)13-8-16-17-15-13/h5-10,15H,1-4H3. The van der Waals surface area contributed by atoms with Gasteiger partial charge in [-0.3, -0.25) is 0 Å². The third-order valence-electron chi connectivity index (χ3n) is 3.01. The van der Waals surface area contributed by atoms with E-state index in [1.807, 2.05) is 0 Å². The predicted molar refractivity (Wildman–Crippen MR) is 80.9 cm³/mol. The minimum atomic E-state index is 0.557. The highest BCUT2D eigenvalue weighted by Crippen LogP contribution is 2.39. The molecular formula is C14H19NS2. The van der Waals surface area contributed by atoms with Crippen LogP contribution in [0.15, 0.2) is 23.6 Å². The van der Waals surface area contributed by atoms with Crippen molar-refractivity contribution < 1.29 is 0 Å². The maximum atomic E-state index is 3.40. The Labute approximate surface area is 112 Å². The Balaban J connectivity index is 2.57. The molecular weight excluding hydrogens is 246 g/mol. The molecule has 0 atom stereocenters. The first-order valence-corrected chi connectivity index (χ1v) is 8.24. The Morgan fingerprint density at radius 2 is 1.59 bits per heavy atom. The van der Waals surface area contributed by atoms with Gasteiger partial charge in [0.25, 0.3) is 0 Å². The van der Waals surface area contributed by atoms with Gasteiger partial charge in [-0.2, -0.15) is 0 Å². The predicted octanol–water partition coefficient (Wildman–Crippen LogP) is 5.13. The van der Waals surface area contributed by atoms with Crippen molar-refractivity contribution in [2.24, 2.45) is 0 Å². The van der Waals surface area contributed by atoms with Crippen molar-refractivity contribution in [3.63, 3.8) is 0 Å². The second kappa shape index (κ2) is 5.40. The molecule has 1 aromatic carbocycles. The van der Waals surface area contributed by atoms with E-state index in [1.165, 1.54) is 22.4 Å². The molecule has 0 saturated carbocycles. The summed E-state index contributed by atoms with van der Waals surface area (Å²) < 4.78 is 3.40. The molecule has 0 bridgehead atoms. The second-order valence-electron chi connectivity index (χ2n) is 4.93. The fraction of sp³-hybridized carbons (Fsp3) is 0.429. The van der Waals surface area contributed by atoms with Gasteiger partial charge in [-0.1, -0.05) is 45.9 Å². The first-order valence-electron chi connectivity index (χ1n) is 6.03. The van der Waals surface area contributed by atoms with Gasteiger partial charge < -0.3 is 4.72 Å². The summed E-state index contributed by atoms with van der Waals surface area (Å²) in [7, 11) is 3.45. The van der Waals surface area contributed by atoms with E-state index < -0.39 is 0 Å². The van der Waals surface area contributed by atoms with Crippen LogP contribution in [0.5, 0.6) is 0 Å². The van der Waals surface area contributed by atoms with Gasteiger partial charge in [0.15, 0.2) is 0 Å². The van der Waals surface area contributed by atoms with Gasteiger partial charge in [-0.25, -0.2) is 0 Å². The van der Waals surface area contributed by atoms with Crippen molar-refractivity contribution in [1.82, 2.24) is 4.72 Å². The average Bonchev–Trinajstić information content (AvgIpc) is 2.80. The lowest BCUT2D eigenvalue weighted by molar-refractivity contribution is 0.825. The van der Waals surface area contributed by atoms with Crippen molar-refractivity contribution >= 4 is 27.5 Å². The Morgan fingerprint density at radius 3 is 2.00 bits per heavy atom. The van der Waals surface area contributed by atoms with Gasteiger partial charge in [-0.15, -0.1) is 0 Å². The van der Waals surface area contributed by atoms with Gasteiger partial charge in [-0.05, 0) is 33.8 Å². The monoisotopic (exact) mass is 265 g/mol. The van der Waals surface area contributed by atoms with Gasteiger partial charge >= 0.3 is 0 Å². The zero-order valence-corrected chi connectivity index (χ0v) is 12.4. The molecule has 1 aliphatic heterocycles. The maximum absolute atomic E-state index is 3.40. The van der Waals surface area contributed by atoms with Crippen LogP contribution < -0.4 is 4.72 Å². The summed E-state index contributed by atoms with van der Waals surface area (Å²) in [6.07, 6.45) is 0. The summed E-state index contributed by atoms with van der Waals surface area (Å²) in [6.45, 7) is 9.05. The van der Waals surface area contributed by atoms with Crippen molar-refractivity contribution in [1.29, 1.82) is 0 Å². The van der Waals surface area contributed by atoms with Crippen LogP contribution in [-0.2, 0) is 0 Å². The smallest absolute Gasteiger partial charge is 0.0598 e. The van der Waals surface area contributed by atoms with Gasteiger partial charge in [0.1, 0.15) is 0 Å². The summed E-state index contributed by atoms with van der Waals surface area (Å²) >= 11 is 0. The third kappa shape index (κ3) is 2.66. The highest BCUT2D eigenvalue weighted by atomic mass is 33.1. The fourth-order valence-corrected chi connectivity index (χ4v) is 3.68. The summed E-state index contributed by atoms with van der Waals surface area (Å²) in [5.41, 5.74) is 5.57. The number of rotatable bonds is 3. The van der Waals surface area contributed by atoms with E-state index in [-0.39, 0.29) is 0 Å². The van der Waals surface area contributed by atoms with Crippen LogP contribution in [0.4, 0.5) is 0 Å². The normalized spacial score (nSPS) is 15.3. The molecule has 2 rings (SSSR count). The lowest BCUT2D eigenvalue weighted by Crippen LogP contribution is -2.07. The number of benzene rings is 1. The van der Waals surface area contributed by atoms with Gasteiger partial charge in [0.05, 0.1) is 5.70 Å². The quantitative estimate of drug-likeness (QED) is 0.601. The summed E-state index contributed by atoms with van der Waals surface area (Å²) in [4.78, 5) is 0. The molecule has 1 aromatic rings. The minimum Gasteiger partial charge on any atom is -0.319 e. The molecule has 0 saturated heterocycles. The van der Waals surface area contributed by atoms with Crippen molar-refractivity contribution in [3.8, 4) is 0 Å². The first kappa shape index (κ1) is 12.9. The summed E-state index contributed by atoms with van der Waals surface area (Å²) in [6, 6.07) is 6.69. The van der Waals surface area contributed by atoms with Gasteiger partial charge in [0.2, 0.25) is 0 Å². The molecule has 3 heteroatoms. The van der Waals surface area contributed by atoms with Crippen molar-refractivity contribution in [2.45, 2.75) is 39.5 Å². The van der Waals surface area contributed by atoms with Gasteiger partial charge in [0, 0.05) is 22.0 Å². The second-order valence-corrected chi connectivity index (χ2v) is 6.81. The zero-order valence-electron chi connectivity index (χ0n) is 10.8. The topological polar surface area (TPSA) is 12.0 Å². The number of nitrogens with one attached hydrogen (secondary N) is 1. The molecule has 0 unspecified atom stereocenters. The molecule has 1 aliphatic rings. The van der Waals surface area contributed by atoms with Crippen LogP contribution in [0.1, 0.15) is 56.2 Å². The molecule has 0 fully saturated rings. The largest absolute Gasteiger partial charge is 0.319 e. The van der Waals surface area contributed by atoms with Crippen LogP contribution in [0.2, 0.25) is 0 Å². The van der Waals surface area contributed by atoms with E-state index in [0.29, 0.717) is 11.8 Å². The molecule has 92 valence electrons. The van der Waals surface area contributed by atoms with Crippen molar-refractivity contribution in [3.05, 3.63) is 40.3 Å². The first-order chi connectivity index (χ1) is 8.11. The Hall–Kier alpha value is -0.540. The lowest BCUT2D eigenvalue weighted by Gasteiger charge is -2.20. The fourth-order valence-electron chi connectivity index (χ4n) is 2.14. The molecule has 1 N–H and O–H groups in total. The minimum absolute atomic E-state index is 0.557. The van der Waals surface area contributed by atoms with Crippen LogP contribution in [-0.4, -0.2) is 0 Å². The molecule has 0 aliphatic carbocycles. The Bertz CT molecular complexity index is 410. The third-order valence-corrected chi connectivity index (χ3v) is 4.57. The zero-order chi connectivity index (χ0) is 12.4. The molecule has 17 heavy (non-hydrogen) atoms.